The zero-order valence-electron chi connectivity index (χ0n) is 15.4. The van der Waals surface area contributed by atoms with E-state index in [1.807, 2.05) is 36.9 Å². The third kappa shape index (κ3) is 4.46. The lowest BCUT2D eigenvalue weighted by atomic mass is 10.1. The van der Waals surface area contributed by atoms with Crippen molar-refractivity contribution >= 4 is 11.7 Å². The maximum atomic E-state index is 12.7. The van der Waals surface area contributed by atoms with Crippen LogP contribution in [-0.4, -0.2) is 67.1 Å². The van der Waals surface area contributed by atoms with E-state index in [0.29, 0.717) is 19.7 Å². The van der Waals surface area contributed by atoms with Crippen LogP contribution in [0.25, 0.3) is 0 Å². The van der Waals surface area contributed by atoms with Crippen molar-refractivity contribution in [2.75, 3.05) is 38.8 Å². The molecule has 0 aromatic carbocycles. The second-order valence-corrected chi connectivity index (χ2v) is 7.04. The highest BCUT2D eigenvalue weighted by atomic mass is 16.5. The molecule has 2 aliphatic heterocycles. The van der Waals surface area contributed by atoms with Gasteiger partial charge in [0.05, 0.1) is 18.4 Å². The van der Waals surface area contributed by atoms with Gasteiger partial charge in [-0.05, 0) is 37.8 Å². The summed E-state index contributed by atoms with van der Waals surface area (Å²) in [5.74, 6) is 0.844. The number of amides is 1. The van der Waals surface area contributed by atoms with Crippen molar-refractivity contribution in [3.05, 3.63) is 17.3 Å². The number of hydrogen-bond donors (Lipinski definition) is 0. The number of ether oxygens (including phenoxy) is 2. The zero-order chi connectivity index (χ0) is 17.8. The summed E-state index contributed by atoms with van der Waals surface area (Å²) >= 11 is 0. The van der Waals surface area contributed by atoms with Crippen molar-refractivity contribution in [1.29, 1.82) is 0 Å². The van der Waals surface area contributed by atoms with Crippen molar-refractivity contribution in [2.24, 2.45) is 0 Å². The molecule has 0 N–H and O–H groups in total. The molecule has 7 nitrogen and oxygen atoms in total. The molecule has 3 heterocycles. The maximum absolute atomic E-state index is 12.7. The fourth-order valence-corrected chi connectivity index (χ4v) is 3.24. The van der Waals surface area contributed by atoms with Gasteiger partial charge in [-0.2, -0.15) is 5.10 Å². The first kappa shape index (κ1) is 18.1. The van der Waals surface area contributed by atoms with E-state index in [-0.39, 0.29) is 12.0 Å². The molecule has 1 amide bonds. The Labute approximate surface area is 149 Å². The summed E-state index contributed by atoms with van der Waals surface area (Å²) < 4.78 is 11.5. The summed E-state index contributed by atoms with van der Waals surface area (Å²) in [6.45, 7) is 4.35. The molecule has 2 unspecified atom stereocenters. The van der Waals surface area contributed by atoms with Gasteiger partial charge in [0.1, 0.15) is 6.10 Å². The van der Waals surface area contributed by atoms with Crippen LogP contribution in [0.3, 0.4) is 0 Å². The Kier molecular flexibility index (Phi) is 5.86. The summed E-state index contributed by atoms with van der Waals surface area (Å²) in [4.78, 5) is 16.5. The minimum atomic E-state index is -0.449. The maximum Gasteiger partial charge on any atom is 0.251 e. The molecular weight excluding hydrogens is 320 g/mol. The number of anilines is 1. The Hall–Kier alpha value is -1.73. The predicted molar refractivity (Wildman–Crippen MR) is 94.5 cm³/mol. The van der Waals surface area contributed by atoms with Gasteiger partial charge in [-0.15, -0.1) is 5.10 Å². The van der Waals surface area contributed by atoms with Crippen molar-refractivity contribution < 1.29 is 14.3 Å². The Bertz CT molecular complexity index is 602. The second-order valence-electron chi connectivity index (χ2n) is 7.04. The van der Waals surface area contributed by atoms with Gasteiger partial charge in [0.2, 0.25) is 0 Å². The van der Waals surface area contributed by atoms with Crippen LogP contribution in [-0.2, 0) is 27.2 Å². The van der Waals surface area contributed by atoms with Gasteiger partial charge in [0, 0.05) is 40.2 Å². The van der Waals surface area contributed by atoms with Crippen molar-refractivity contribution in [2.45, 2.75) is 51.4 Å². The third-order valence-electron chi connectivity index (χ3n) is 4.85. The molecule has 25 heavy (non-hydrogen) atoms. The number of nitrogens with zero attached hydrogens (tertiary/aromatic N) is 4. The van der Waals surface area contributed by atoms with Gasteiger partial charge >= 0.3 is 0 Å². The lowest BCUT2D eigenvalue weighted by Gasteiger charge is -2.31. The van der Waals surface area contributed by atoms with E-state index in [9.17, 15) is 4.79 Å². The number of aromatic nitrogens is 2. The van der Waals surface area contributed by atoms with E-state index >= 15 is 0 Å². The quantitative estimate of drug-likeness (QED) is 0.801. The molecule has 0 bridgehead atoms. The first-order chi connectivity index (χ1) is 12.0. The van der Waals surface area contributed by atoms with Gasteiger partial charge in [0.25, 0.3) is 5.91 Å². The molecule has 0 aliphatic carbocycles. The standard InChI is InChI=1S/C18H28N4O3/c1-13(25-12-15-6-4-5-9-24-15)18(23)22-8-7-16-14(11-22)10-17(20-19-16)21(2)3/h10,13,15H,4-9,11-12H2,1-3H3. The normalized spacial score (nSPS) is 21.6. The monoisotopic (exact) mass is 348 g/mol. The number of hydrogen-bond acceptors (Lipinski definition) is 6. The largest absolute Gasteiger partial charge is 0.376 e. The first-order valence-electron chi connectivity index (χ1n) is 9.09. The van der Waals surface area contributed by atoms with Gasteiger partial charge in [-0.3, -0.25) is 4.79 Å². The fourth-order valence-electron chi connectivity index (χ4n) is 3.24. The highest BCUT2D eigenvalue weighted by Gasteiger charge is 2.27. The molecule has 0 saturated carbocycles. The summed E-state index contributed by atoms with van der Waals surface area (Å²) in [7, 11) is 3.87. The molecule has 1 aromatic heterocycles. The van der Waals surface area contributed by atoms with Crippen LogP contribution in [0.1, 0.15) is 37.4 Å². The molecule has 138 valence electrons. The van der Waals surface area contributed by atoms with Crippen LogP contribution < -0.4 is 4.90 Å². The Morgan fingerprint density at radius 2 is 2.28 bits per heavy atom. The molecule has 0 radical (unpaired) electrons. The predicted octanol–water partition coefficient (Wildman–Crippen LogP) is 1.40. The van der Waals surface area contributed by atoms with Crippen LogP contribution in [0, 0.1) is 0 Å². The summed E-state index contributed by atoms with van der Waals surface area (Å²) in [6.07, 6.45) is 3.73. The highest BCUT2D eigenvalue weighted by molar-refractivity contribution is 5.80. The van der Waals surface area contributed by atoms with Crippen molar-refractivity contribution in [3.63, 3.8) is 0 Å². The summed E-state index contributed by atoms with van der Waals surface area (Å²) in [5.41, 5.74) is 2.06. The molecule has 1 fully saturated rings. The van der Waals surface area contributed by atoms with Crippen LogP contribution in [0.4, 0.5) is 5.82 Å². The van der Waals surface area contributed by atoms with Crippen LogP contribution >= 0.6 is 0 Å². The Morgan fingerprint density at radius 3 is 3.00 bits per heavy atom. The molecule has 1 saturated heterocycles. The second kappa shape index (κ2) is 8.10. The lowest BCUT2D eigenvalue weighted by Crippen LogP contribution is -2.43. The Balaban J connectivity index is 1.56. The molecule has 7 heteroatoms. The van der Waals surface area contributed by atoms with E-state index < -0.39 is 6.10 Å². The van der Waals surface area contributed by atoms with Crippen LogP contribution in [0.2, 0.25) is 0 Å². The van der Waals surface area contributed by atoms with Crippen molar-refractivity contribution in [3.8, 4) is 0 Å². The lowest BCUT2D eigenvalue weighted by molar-refractivity contribution is -0.147. The number of carbonyl (C=O) groups excluding carboxylic acids is 1. The first-order valence-corrected chi connectivity index (χ1v) is 9.09. The van der Waals surface area contributed by atoms with E-state index in [2.05, 4.69) is 10.2 Å². The molecule has 3 rings (SSSR count). The number of rotatable bonds is 5. The number of carbonyl (C=O) groups is 1. The SMILES string of the molecule is CC(OCC1CCCCO1)C(=O)N1CCc2nnc(N(C)C)cc2C1. The smallest absolute Gasteiger partial charge is 0.251 e. The topological polar surface area (TPSA) is 67.8 Å². The third-order valence-corrected chi connectivity index (χ3v) is 4.85. The fraction of sp³-hybridized carbons (Fsp3) is 0.722. The average Bonchev–Trinajstić information content (AvgIpc) is 2.65. The average molecular weight is 348 g/mol. The molecular formula is C18H28N4O3. The molecule has 2 atom stereocenters. The highest BCUT2D eigenvalue weighted by Crippen LogP contribution is 2.21. The van der Waals surface area contributed by atoms with E-state index in [1.165, 1.54) is 6.42 Å². The van der Waals surface area contributed by atoms with Gasteiger partial charge < -0.3 is 19.3 Å². The zero-order valence-corrected chi connectivity index (χ0v) is 15.4. The van der Waals surface area contributed by atoms with E-state index in [4.69, 9.17) is 9.47 Å². The van der Waals surface area contributed by atoms with E-state index in [1.54, 1.807) is 0 Å². The summed E-state index contributed by atoms with van der Waals surface area (Å²) in [5, 5.41) is 8.51. The molecule has 1 aromatic rings. The van der Waals surface area contributed by atoms with Gasteiger partial charge in [-0.25, -0.2) is 0 Å². The van der Waals surface area contributed by atoms with Crippen LogP contribution in [0.5, 0.6) is 0 Å². The number of fused-ring (bicyclic) bond motifs is 1. The minimum absolute atomic E-state index is 0.0321. The summed E-state index contributed by atoms with van der Waals surface area (Å²) in [6, 6.07) is 2.02. The molecule has 2 aliphatic rings. The minimum Gasteiger partial charge on any atom is -0.376 e. The van der Waals surface area contributed by atoms with Crippen molar-refractivity contribution in [1.82, 2.24) is 15.1 Å². The Morgan fingerprint density at radius 1 is 1.44 bits per heavy atom. The van der Waals surface area contributed by atoms with Gasteiger partial charge in [0.15, 0.2) is 5.82 Å². The van der Waals surface area contributed by atoms with Crippen LogP contribution in [0.15, 0.2) is 6.07 Å². The van der Waals surface area contributed by atoms with E-state index in [0.717, 1.165) is 42.9 Å². The molecule has 0 spiro atoms. The van der Waals surface area contributed by atoms with Gasteiger partial charge in [-0.1, -0.05) is 0 Å².